The van der Waals surface area contributed by atoms with Gasteiger partial charge in [-0.05, 0) is 18.6 Å². The molecule has 0 saturated carbocycles. The lowest BCUT2D eigenvalue weighted by molar-refractivity contribution is 0.121. The molecule has 3 heterocycles. The number of nitrogens with zero attached hydrogens (tertiary/aromatic N) is 5. The van der Waals surface area contributed by atoms with Gasteiger partial charge >= 0.3 is 0 Å². The van der Waals surface area contributed by atoms with Crippen LogP contribution in [0.3, 0.4) is 0 Å². The molecule has 1 saturated heterocycles. The van der Waals surface area contributed by atoms with E-state index >= 15 is 0 Å². The first-order chi connectivity index (χ1) is 13.2. The number of hydrogen-bond donors (Lipinski definition) is 1. The van der Waals surface area contributed by atoms with Gasteiger partial charge in [-0.2, -0.15) is 0 Å². The van der Waals surface area contributed by atoms with Gasteiger partial charge in [-0.3, -0.25) is 4.57 Å². The van der Waals surface area contributed by atoms with Crippen LogP contribution >= 0.6 is 23.1 Å². The van der Waals surface area contributed by atoms with E-state index in [0.717, 1.165) is 59.7 Å². The van der Waals surface area contributed by atoms with Gasteiger partial charge in [0.1, 0.15) is 0 Å². The van der Waals surface area contributed by atoms with Gasteiger partial charge in [0.2, 0.25) is 5.95 Å². The fourth-order valence-corrected chi connectivity index (χ4v) is 4.50. The van der Waals surface area contributed by atoms with Crippen LogP contribution in [0.15, 0.2) is 34.8 Å². The molecule has 7 nitrogen and oxygen atoms in total. The van der Waals surface area contributed by atoms with Crippen LogP contribution in [-0.2, 0) is 17.5 Å². The highest BCUT2D eigenvalue weighted by atomic mass is 32.2. The van der Waals surface area contributed by atoms with Gasteiger partial charge in [-0.25, -0.2) is 4.98 Å². The van der Waals surface area contributed by atoms with Crippen molar-refractivity contribution in [1.29, 1.82) is 0 Å². The van der Waals surface area contributed by atoms with Crippen molar-refractivity contribution in [3.8, 4) is 0 Å². The lowest BCUT2D eigenvalue weighted by atomic mass is 10.2. The number of thioether (sulfide) groups is 1. The zero-order chi connectivity index (χ0) is 18.6. The Kier molecular flexibility index (Phi) is 5.61. The number of aryl methyl sites for hydroxylation is 1. The number of hydrogen-bond acceptors (Lipinski definition) is 8. The summed E-state index contributed by atoms with van der Waals surface area (Å²) in [5.74, 6) is 1.67. The number of aromatic nitrogens is 4. The molecule has 9 heteroatoms. The van der Waals surface area contributed by atoms with Gasteiger partial charge in [0.05, 0.1) is 18.9 Å². The van der Waals surface area contributed by atoms with Gasteiger partial charge < -0.3 is 15.0 Å². The fourth-order valence-electron chi connectivity index (χ4n) is 2.87. The van der Waals surface area contributed by atoms with E-state index < -0.39 is 0 Å². The molecule has 27 heavy (non-hydrogen) atoms. The minimum absolute atomic E-state index is 0.741. The highest BCUT2D eigenvalue weighted by Gasteiger charge is 2.18. The Balaban J connectivity index is 1.37. The first-order valence-corrected chi connectivity index (χ1v) is 10.7. The van der Waals surface area contributed by atoms with E-state index in [-0.39, 0.29) is 0 Å². The summed E-state index contributed by atoms with van der Waals surface area (Å²) < 4.78 is 7.46. The Bertz CT molecular complexity index is 903. The molecule has 0 bridgehead atoms. The molecule has 3 aromatic rings. The van der Waals surface area contributed by atoms with Crippen LogP contribution in [0.1, 0.15) is 11.3 Å². The topological polar surface area (TPSA) is 68.1 Å². The number of anilines is 3. The zero-order valence-electron chi connectivity index (χ0n) is 15.4. The molecule has 1 fully saturated rings. The lowest BCUT2D eigenvalue weighted by Gasteiger charge is -2.27. The molecule has 0 spiro atoms. The minimum atomic E-state index is 0.741. The van der Waals surface area contributed by atoms with Crippen molar-refractivity contribution < 1.29 is 4.74 Å². The summed E-state index contributed by atoms with van der Waals surface area (Å²) >= 11 is 3.28. The van der Waals surface area contributed by atoms with Crippen LogP contribution in [0.2, 0.25) is 0 Å². The van der Waals surface area contributed by atoms with Crippen LogP contribution in [-0.4, -0.2) is 46.1 Å². The highest BCUT2D eigenvalue weighted by Crippen LogP contribution is 2.28. The molecular formula is C18H22N6OS2. The second-order valence-electron chi connectivity index (χ2n) is 6.31. The number of para-hydroxylation sites is 1. The quantitative estimate of drug-likeness (QED) is 0.633. The summed E-state index contributed by atoms with van der Waals surface area (Å²) in [6.07, 6.45) is 0. The van der Waals surface area contributed by atoms with Crippen LogP contribution in [0.4, 0.5) is 16.8 Å². The van der Waals surface area contributed by atoms with E-state index in [4.69, 9.17) is 9.72 Å². The van der Waals surface area contributed by atoms with Gasteiger partial charge in [0.15, 0.2) is 10.3 Å². The molecule has 0 amide bonds. The number of benzene rings is 1. The Morgan fingerprint density at radius 1 is 1.22 bits per heavy atom. The molecule has 1 aliphatic rings. The molecule has 0 aliphatic carbocycles. The third-order valence-electron chi connectivity index (χ3n) is 4.39. The molecule has 1 N–H and O–H groups in total. The Morgan fingerprint density at radius 3 is 2.85 bits per heavy atom. The van der Waals surface area contributed by atoms with Crippen molar-refractivity contribution in [2.24, 2.45) is 7.05 Å². The van der Waals surface area contributed by atoms with Crippen molar-refractivity contribution in [1.82, 2.24) is 19.7 Å². The summed E-state index contributed by atoms with van der Waals surface area (Å²) in [5, 5.41) is 16.0. The highest BCUT2D eigenvalue weighted by molar-refractivity contribution is 7.98. The van der Waals surface area contributed by atoms with Gasteiger partial charge in [0.25, 0.3) is 0 Å². The molecule has 2 aromatic heterocycles. The molecule has 0 unspecified atom stereocenters. The van der Waals surface area contributed by atoms with Crippen molar-refractivity contribution in [3.05, 3.63) is 40.9 Å². The zero-order valence-corrected chi connectivity index (χ0v) is 17.0. The lowest BCUT2D eigenvalue weighted by Crippen LogP contribution is -2.37. The van der Waals surface area contributed by atoms with E-state index in [9.17, 15) is 0 Å². The van der Waals surface area contributed by atoms with Gasteiger partial charge in [-0.15, -0.1) is 21.5 Å². The van der Waals surface area contributed by atoms with E-state index in [1.165, 1.54) is 5.56 Å². The third kappa shape index (κ3) is 4.26. The smallest absolute Gasteiger partial charge is 0.227 e. The molecule has 142 valence electrons. The van der Waals surface area contributed by atoms with Crippen molar-refractivity contribution >= 4 is 39.9 Å². The second-order valence-corrected chi connectivity index (χ2v) is 8.11. The van der Waals surface area contributed by atoms with Gasteiger partial charge in [0, 0.05) is 37.0 Å². The summed E-state index contributed by atoms with van der Waals surface area (Å²) in [6.45, 7) is 5.29. The van der Waals surface area contributed by atoms with Gasteiger partial charge in [-0.1, -0.05) is 30.0 Å². The number of ether oxygens (including phenoxy) is 1. The molecule has 0 atom stereocenters. The predicted molar refractivity (Wildman–Crippen MR) is 110 cm³/mol. The van der Waals surface area contributed by atoms with E-state index in [1.54, 1.807) is 23.1 Å². The predicted octanol–water partition coefficient (Wildman–Crippen LogP) is 3.45. The first-order valence-electron chi connectivity index (χ1n) is 8.82. The summed E-state index contributed by atoms with van der Waals surface area (Å²) in [6, 6.07) is 8.22. The van der Waals surface area contributed by atoms with Crippen molar-refractivity contribution in [2.45, 2.75) is 17.8 Å². The molecular weight excluding hydrogens is 380 g/mol. The minimum Gasteiger partial charge on any atom is -0.378 e. The number of rotatable bonds is 6. The second kappa shape index (κ2) is 8.28. The first kappa shape index (κ1) is 18.3. The molecule has 0 radical (unpaired) electrons. The van der Waals surface area contributed by atoms with Crippen molar-refractivity contribution in [3.63, 3.8) is 0 Å². The molecule has 1 aromatic carbocycles. The van der Waals surface area contributed by atoms with Crippen LogP contribution in [0, 0.1) is 6.92 Å². The summed E-state index contributed by atoms with van der Waals surface area (Å²) in [7, 11) is 2.01. The standard InChI is InChI=1S/C18H22N6OS2/c1-13-5-3-4-6-15(13)20-16-19-14(11-26-16)12-27-18-22-21-17(23(18)2)24-7-9-25-10-8-24/h3-6,11H,7-10,12H2,1-2H3,(H,19,20). The van der Waals surface area contributed by atoms with E-state index in [0.29, 0.717) is 0 Å². The molecule has 4 rings (SSSR count). The number of thiazole rings is 1. The van der Waals surface area contributed by atoms with Crippen LogP contribution in [0.5, 0.6) is 0 Å². The number of nitrogens with one attached hydrogen (secondary N) is 1. The van der Waals surface area contributed by atoms with E-state index in [2.05, 4.69) is 49.4 Å². The van der Waals surface area contributed by atoms with E-state index in [1.807, 2.05) is 19.2 Å². The maximum atomic E-state index is 5.41. The molecule has 1 aliphatic heterocycles. The average Bonchev–Trinajstić information content (AvgIpc) is 3.29. The number of morpholine rings is 1. The normalized spacial score (nSPS) is 14.5. The average molecular weight is 403 g/mol. The van der Waals surface area contributed by atoms with Crippen molar-refractivity contribution in [2.75, 3.05) is 36.5 Å². The fraction of sp³-hybridized carbons (Fsp3) is 0.389. The largest absolute Gasteiger partial charge is 0.378 e. The van der Waals surface area contributed by atoms with Crippen LogP contribution in [0.25, 0.3) is 0 Å². The SMILES string of the molecule is Cc1ccccc1Nc1nc(CSc2nnc(N3CCOCC3)n2C)cs1. The Labute approximate surface area is 166 Å². The summed E-state index contributed by atoms with van der Waals surface area (Å²) in [5.41, 5.74) is 3.34. The monoisotopic (exact) mass is 402 g/mol. The van der Waals surface area contributed by atoms with Crippen LogP contribution < -0.4 is 10.2 Å². The Hall–Kier alpha value is -2.10. The maximum absolute atomic E-state index is 5.41. The third-order valence-corrected chi connectivity index (χ3v) is 6.25. The Morgan fingerprint density at radius 2 is 2.04 bits per heavy atom. The maximum Gasteiger partial charge on any atom is 0.227 e. The summed E-state index contributed by atoms with van der Waals surface area (Å²) in [4.78, 5) is 6.91.